The second-order valence-corrected chi connectivity index (χ2v) is 7.35. The fourth-order valence-corrected chi connectivity index (χ4v) is 3.12. The van der Waals surface area contributed by atoms with Crippen molar-refractivity contribution in [1.29, 1.82) is 0 Å². The van der Waals surface area contributed by atoms with Crippen LogP contribution in [0, 0.1) is 6.92 Å². The Hall–Kier alpha value is -1.14. The molecule has 6 heteroatoms. The van der Waals surface area contributed by atoms with Crippen molar-refractivity contribution in [1.82, 2.24) is 9.80 Å². The van der Waals surface area contributed by atoms with Crippen molar-refractivity contribution in [3.63, 3.8) is 0 Å². The van der Waals surface area contributed by atoms with Gasteiger partial charge in [-0.1, -0.05) is 29.8 Å². The number of nitrogens with two attached hydrogens (primary N) is 1. The minimum atomic E-state index is -1.05. The molecular weight excluding hydrogens is 326 g/mol. The van der Waals surface area contributed by atoms with Crippen molar-refractivity contribution in [2.75, 3.05) is 26.2 Å². The lowest BCUT2D eigenvalue weighted by molar-refractivity contribution is -0.156. The summed E-state index contributed by atoms with van der Waals surface area (Å²) >= 11 is 0. The number of aliphatic carboxylic acids is 1. The molecule has 1 aliphatic rings. The van der Waals surface area contributed by atoms with Crippen LogP contribution < -0.4 is 5.73 Å². The van der Waals surface area contributed by atoms with Crippen LogP contribution in [0.15, 0.2) is 24.3 Å². The molecule has 0 aliphatic carbocycles. The Bertz CT molecular complexity index is 548. The maximum atomic E-state index is 11.8. The number of hydrogen-bond acceptors (Lipinski definition) is 4. The molecule has 1 aromatic rings. The minimum absolute atomic E-state index is 0. The number of halogens is 1. The molecule has 1 fully saturated rings. The molecule has 0 bridgehead atoms. The molecule has 3 N–H and O–H groups in total. The van der Waals surface area contributed by atoms with Crippen molar-refractivity contribution in [3.8, 4) is 0 Å². The number of hydrogen-bond donors (Lipinski definition) is 2. The zero-order valence-corrected chi connectivity index (χ0v) is 15.9. The monoisotopic (exact) mass is 355 g/mol. The molecule has 24 heavy (non-hydrogen) atoms. The van der Waals surface area contributed by atoms with E-state index in [1.165, 1.54) is 11.1 Å². The summed E-state index contributed by atoms with van der Waals surface area (Å²) in [5.74, 6) is -0.850. The highest BCUT2D eigenvalue weighted by molar-refractivity contribution is 5.85. The summed E-state index contributed by atoms with van der Waals surface area (Å²) in [5, 5.41) is 9.71. The van der Waals surface area contributed by atoms with Crippen LogP contribution in [0.2, 0.25) is 0 Å². The normalized spacial score (nSPS) is 19.4. The lowest BCUT2D eigenvalue weighted by atomic mass is 9.79. The van der Waals surface area contributed by atoms with Gasteiger partial charge < -0.3 is 10.8 Å². The number of rotatable bonds is 5. The quantitative estimate of drug-likeness (QED) is 0.846. The second kappa shape index (κ2) is 7.83. The predicted molar refractivity (Wildman–Crippen MR) is 99.6 cm³/mol. The number of aryl methyl sites for hydroxylation is 1. The van der Waals surface area contributed by atoms with E-state index in [1.807, 2.05) is 4.90 Å². The standard InChI is InChI=1S/C18H29N3O2.ClH/c1-14-5-7-15(8-6-14)13-20-9-11-21(12-10-20)18(4,16(22)23)17(2,3)19;/h5-8H,9-13,19H2,1-4H3,(H,22,23);1H/t18-;/m1./s1. The third-order valence-corrected chi connectivity index (χ3v) is 5.20. The van der Waals surface area contributed by atoms with Crippen molar-refractivity contribution >= 4 is 18.4 Å². The molecule has 2 rings (SSSR count). The minimum Gasteiger partial charge on any atom is -0.480 e. The third-order valence-electron chi connectivity index (χ3n) is 5.20. The average molecular weight is 356 g/mol. The molecule has 0 radical (unpaired) electrons. The van der Waals surface area contributed by atoms with Crippen LogP contribution in [0.25, 0.3) is 0 Å². The van der Waals surface area contributed by atoms with Crippen LogP contribution in [0.3, 0.4) is 0 Å². The maximum absolute atomic E-state index is 11.8. The van der Waals surface area contributed by atoms with Crippen LogP contribution in [0.5, 0.6) is 0 Å². The summed E-state index contributed by atoms with van der Waals surface area (Å²) in [7, 11) is 0. The smallest absolute Gasteiger partial charge is 0.325 e. The van der Waals surface area contributed by atoms with Gasteiger partial charge in [0.25, 0.3) is 0 Å². The highest BCUT2D eigenvalue weighted by atomic mass is 35.5. The first-order valence-corrected chi connectivity index (χ1v) is 8.20. The first kappa shape index (κ1) is 20.9. The first-order chi connectivity index (χ1) is 10.6. The van der Waals surface area contributed by atoms with E-state index in [0.717, 1.165) is 32.7 Å². The fourth-order valence-electron chi connectivity index (χ4n) is 3.12. The van der Waals surface area contributed by atoms with Crippen LogP contribution in [-0.4, -0.2) is 58.1 Å². The summed E-state index contributed by atoms with van der Waals surface area (Å²) in [5.41, 5.74) is 6.88. The number of carbonyl (C=O) groups is 1. The lowest BCUT2D eigenvalue weighted by Gasteiger charge is -2.49. The van der Waals surface area contributed by atoms with E-state index in [4.69, 9.17) is 5.73 Å². The molecule has 1 atom stereocenters. The van der Waals surface area contributed by atoms with Gasteiger partial charge >= 0.3 is 5.97 Å². The number of carboxylic acid groups (broad SMARTS) is 1. The molecule has 1 saturated heterocycles. The second-order valence-electron chi connectivity index (χ2n) is 7.35. The number of carboxylic acids is 1. The molecule has 0 unspecified atom stereocenters. The zero-order valence-electron chi connectivity index (χ0n) is 15.1. The van der Waals surface area contributed by atoms with Crippen molar-refractivity contribution in [2.24, 2.45) is 5.73 Å². The molecule has 1 aliphatic heterocycles. The van der Waals surface area contributed by atoms with Gasteiger partial charge in [-0.3, -0.25) is 14.6 Å². The van der Waals surface area contributed by atoms with E-state index in [1.54, 1.807) is 20.8 Å². The highest BCUT2D eigenvalue weighted by Gasteiger charge is 2.50. The van der Waals surface area contributed by atoms with Gasteiger partial charge in [-0.05, 0) is 33.3 Å². The Morgan fingerprint density at radius 3 is 2.04 bits per heavy atom. The Kier molecular flexibility index (Phi) is 6.82. The average Bonchev–Trinajstić information content (AvgIpc) is 2.48. The summed E-state index contributed by atoms with van der Waals surface area (Å²) in [6, 6.07) is 8.58. The predicted octanol–water partition coefficient (Wildman–Crippen LogP) is 2.12. The van der Waals surface area contributed by atoms with Crippen LogP contribution in [0.1, 0.15) is 31.9 Å². The fraction of sp³-hybridized carbons (Fsp3) is 0.611. The van der Waals surface area contributed by atoms with Gasteiger partial charge in [-0.15, -0.1) is 12.4 Å². The van der Waals surface area contributed by atoms with Gasteiger partial charge in [0, 0.05) is 38.3 Å². The molecule has 0 saturated carbocycles. The summed E-state index contributed by atoms with van der Waals surface area (Å²) < 4.78 is 0. The van der Waals surface area contributed by atoms with Crippen LogP contribution in [-0.2, 0) is 11.3 Å². The van der Waals surface area contributed by atoms with Crippen LogP contribution in [0.4, 0.5) is 0 Å². The van der Waals surface area contributed by atoms with E-state index >= 15 is 0 Å². The Balaban J connectivity index is 0.00000288. The zero-order chi connectivity index (χ0) is 17.3. The van der Waals surface area contributed by atoms with E-state index in [0.29, 0.717) is 0 Å². The molecule has 5 nitrogen and oxygen atoms in total. The molecule has 0 amide bonds. The molecule has 1 heterocycles. The Morgan fingerprint density at radius 2 is 1.62 bits per heavy atom. The van der Waals surface area contributed by atoms with Crippen molar-refractivity contribution in [3.05, 3.63) is 35.4 Å². The molecule has 0 spiro atoms. The Labute approximate surface area is 151 Å². The Morgan fingerprint density at radius 1 is 1.12 bits per heavy atom. The maximum Gasteiger partial charge on any atom is 0.325 e. The largest absolute Gasteiger partial charge is 0.480 e. The van der Waals surface area contributed by atoms with Gasteiger partial charge in [-0.25, -0.2) is 0 Å². The SMILES string of the molecule is Cc1ccc(CN2CCN([C@](C)(C(=O)O)C(C)(C)N)CC2)cc1.Cl. The van der Waals surface area contributed by atoms with Gasteiger partial charge in [0.05, 0.1) is 0 Å². The van der Waals surface area contributed by atoms with Gasteiger partial charge in [0.15, 0.2) is 0 Å². The van der Waals surface area contributed by atoms with E-state index < -0.39 is 17.0 Å². The summed E-state index contributed by atoms with van der Waals surface area (Å²) in [4.78, 5) is 16.2. The number of benzene rings is 1. The first-order valence-electron chi connectivity index (χ1n) is 8.20. The van der Waals surface area contributed by atoms with Gasteiger partial charge in [-0.2, -0.15) is 0 Å². The molecule has 136 valence electrons. The van der Waals surface area contributed by atoms with Crippen LogP contribution >= 0.6 is 12.4 Å². The molecule has 0 aromatic heterocycles. The summed E-state index contributed by atoms with van der Waals surface area (Å²) in [6.45, 7) is 11.5. The van der Waals surface area contributed by atoms with Crippen molar-refractivity contribution < 1.29 is 9.90 Å². The number of piperazine rings is 1. The van der Waals surface area contributed by atoms with E-state index in [2.05, 4.69) is 36.1 Å². The van der Waals surface area contributed by atoms with Gasteiger partial charge in [0.1, 0.15) is 5.54 Å². The van der Waals surface area contributed by atoms with E-state index in [-0.39, 0.29) is 12.4 Å². The van der Waals surface area contributed by atoms with E-state index in [9.17, 15) is 9.90 Å². The highest BCUT2D eigenvalue weighted by Crippen LogP contribution is 2.28. The van der Waals surface area contributed by atoms with Gasteiger partial charge in [0.2, 0.25) is 0 Å². The summed E-state index contributed by atoms with van der Waals surface area (Å²) in [6.07, 6.45) is 0. The lowest BCUT2D eigenvalue weighted by Crippen LogP contribution is -2.71. The topological polar surface area (TPSA) is 69.8 Å². The number of nitrogens with zero attached hydrogens (tertiary/aromatic N) is 2. The third kappa shape index (κ3) is 4.28. The molecule has 1 aromatic carbocycles. The van der Waals surface area contributed by atoms with Crippen molar-refractivity contribution in [2.45, 2.75) is 45.3 Å². The molecular formula is C18H30ClN3O2.